The number of hydrogen-bond acceptors (Lipinski definition) is 4. The van der Waals surface area contributed by atoms with E-state index < -0.39 is 11.9 Å². The first-order chi connectivity index (χ1) is 11.5. The fraction of sp³-hybridized carbons (Fsp3) is 0.294. The molecule has 128 valence electrons. The first kappa shape index (κ1) is 17.4. The summed E-state index contributed by atoms with van der Waals surface area (Å²) in [6.07, 6.45) is 0. The molecule has 7 nitrogen and oxygen atoms in total. The van der Waals surface area contributed by atoms with Gasteiger partial charge in [-0.2, -0.15) is 0 Å². The smallest absolute Gasteiger partial charge is 0.333 e. The van der Waals surface area contributed by atoms with E-state index in [9.17, 15) is 9.59 Å². The van der Waals surface area contributed by atoms with E-state index in [2.05, 4.69) is 16.2 Å². The van der Waals surface area contributed by atoms with Gasteiger partial charge in [0.15, 0.2) is 0 Å². The van der Waals surface area contributed by atoms with Crippen molar-refractivity contribution in [3.63, 3.8) is 0 Å². The van der Waals surface area contributed by atoms with Crippen LogP contribution in [0.4, 0.5) is 10.5 Å². The van der Waals surface area contributed by atoms with Crippen LogP contribution in [-0.4, -0.2) is 32.1 Å². The summed E-state index contributed by atoms with van der Waals surface area (Å²) in [5.41, 5.74) is 6.14. The summed E-state index contributed by atoms with van der Waals surface area (Å²) < 4.78 is 5.28. The third-order valence-electron chi connectivity index (χ3n) is 3.50. The van der Waals surface area contributed by atoms with Crippen molar-refractivity contribution in [1.82, 2.24) is 16.2 Å². The summed E-state index contributed by atoms with van der Waals surface area (Å²) in [5.74, 6) is 0.739. The van der Waals surface area contributed by atoms with Gasteiger partial charge in [0.25, 0.3) is 5.91 Å². The lowest BCUT2D eigenvalue weighted by Gasteiger charge is -2.19. The van der Waals surface area contributed by atoms with Crippen molar-refractivity contribution in [2.24, 2.45) is 0 Å². The molecule has 1 heterocycles. The van der Waals surface area contributed by atoms with Gasteiger partial charge < -0.3 is 14.6 Å². The third-order valence-corrected chi connectivity index (χ3v) is 3.50. The minimum absolute atomic E-state index is 0.400. The predicted molar refractivity (Wildman–Crippen MR) is 91.9 cm³/mol. The number of aryl methyl sites for hydroxylation is 2. The normalized spacial score (nSPS) is 10.1. The van der Waals surface area contributed by atoms with Gasteiger partial charge in [0, 0.05) is 25.8 Å². The van der Waals surface area contributed by atoms with Gasteiger partial charge >= 0.3 is 6.03 Å². The highest BCUT2D eigenvalue weighted by Gasteiger charge is 2.13. The number of urea groups is 1. The molecule has 2 rings (SSSR count). The average molecular weight is 330 g/mol. The zero-order valence-corrected chi connectivity index (χ0v) is 14.1. The van der Waals surface area contributed by atoms with Crippen LogP contribution in [0.15, 0.2) is 40.8 Å². The van der Waals surface area contributed by atoms with Crippen LogP contribution >= 0.6 is 0 Å². The van der Waals surface area contributed by atoms with Gasteiger partial charge in [-0.3, -0.25) is 10.2 Å². The van der Waals surface area contributed by atoms with Crippen LogP contribution in [0.5, 0.6) is 0 Å². The minimum Gasteiger partial charge on any atom is -0.466 e. The van der Waals surface area contributed by atoms with E-state index in [1.54, 1.807) is 19.9 Å². The summed E-state index contributed by atoms with van der Waals surface area (Å²) >= 11 is 0. The summed E-state index contributed by atoms with van der Waals surface area (Å²) in [6, 6.07) is 11.0. The molecule has 24 heavy (non-hydrogen) atoms. The highest BCUT2D eigenvalue weighted by atomic mass is 16.3. The SMILES string of the molecule is Cc1cc(C(=O)NNC(=O)NCCN(C)c2ccccc2)c(C)o1. The lowest BCUT2D eigenvalue weighted by atomic mass is 10.2. The Morgan fingerprint density at radius 3 is 2.46 bits per heavy atom. The largest absolute Gasteiger partial charge is 0.466 e. The van der Waals surface area contributed by atoms with Crippen LogP contribution in [0.1, 0.15) is 21.9 Å². The first-order valence-electron chi connectivity index (χ1n) is 7.65. The fourth-order valence-electron chi connectivity index (χ4n) is 2.23. The number of amides is 3. The number of carbonyl (C=O) groups is 2. The van der Waals surface area contributed by atoms with Gasteiger partial charge in [0.1, 0.15) is 11.5 Å². The van der Waals surface area contributed by atoms with Crippen LogP contribution in [0, 0.1) is 13.8 Å². The van der Waals surface area contributed by atoms with Crippen LogP contribution in [0.2, 0.25) is 0 Å². The molecule has 2 aromatic rings. The van der Waals surface area contributed by atoms with Crippen LogP contribution in [-0.2, 0) is 0 Å². The second-order valence-electron chi connectivity index (χ2n) is 5.42. The van der Waals surface area contributed by atoms with Crippen molar-refractivity contribution in [2.75, 3.05) is 25.0 Å². The van der Waals surface area contributed by atoms with E-state index in [1.165, 1.54) is 0 Å². The number of rotatable bonds is 5. The number of hydrazine groups is 1. The van der Waals surface area contributed by atoms with Crippen molar-refractivity contribution >= 4 is 17.6 Å². The monoisotopic (exact) mass is 330 g/mol. The molecule has 0 unspecified atom stereocenters. The van der Waals surface area contributed by atoms with Crippen LogP contribution in [0.3, 0.4) is 0 Å². The fourth-order valence-corrected chi connectivity index (χ4v) is 2.23. The highest BCUT2D eigenvalue weighted by molar-refractivity contribution is 5.96. The molecule has 1 aromatic heterocycles. The number of anilines is 1. The summed E-state index contributed by atoms with van der Waals surface area (Å²) in [6.45, 7) is 4.54. The predicted octanol–water partition coefficient (Wildman–Crippen LogP) is 1.98. The lowest BCUT2D eigenvalue weighted by Crippen LogP contribution is -2.48. The van der Waals surface area contributed by atoms with E-state index in [1.807, 2.05) is 42.3 Å². The lowest BCUT2D eigenvalue weighted by molar-refractivity contribution is 0.0934. The van der Waals surface area contributed by atoms with Gasteiger partial charge in [0.05, 0.1) is 5.56 Å². The molecule has 3 amide bonds. The van der Waals surface area contributed by atoms with Crippen molar-refractivity contribution in [1.29, 1.82) is 0 Å². The van der Waals surface area contributed by atoms with Gasteiger partial charge in [-0.05, 0) is 32.0 Å². The van der Waals surface area contributed by atoms with Gasteiger partial charge in [-0.1, -0.05) is 18.2 Å². The number of furan rings is 1. The average Bonchev–Trinajstić information content (AvgIpc) is 2.92. The molecule has 3 N–H and O–H groups in total. The number of likely N-dealkylation sites (N-methyl/N-ethyl adjacent to an activating group) is 1. The molecule has 0 atom stereocenters. The topological polar surface area (TPSA) is 86.6 Å². The maximum Gasteiger partial charge on any atom is 0.333 e. The maximum atomic E-state index is 11.9. The number of para-hydroxylation sites is 1. The van der Waals surface area contributed by atoms with Gasteiger partial charge in [-0.25, -0.2) is 10.2 Å². The standard InChI is InChI=1S/C17H22N4O3/c1-12-11-15(13(2)24-12)16(22)19-20-17(23)18-9-10-21(3)14-7-5-4-6-8-14/h4-8,11H,9-10H2,1-3H3,(H,19,22)(H2,18,20,23). The van der Waals surface area contributed by atoms with Crippen molar-refractivity contribution < 1.29 is 14.0 Å². The summed E-state index contributed by atoms with van der Waals surface area (Å²) in [5, 5.41) is 2.68. The second-order valence-corrected chi connectivity index (χ2v) is 5.42. The summed E-state index contributed by atoms with van der Waals surface area (Å²) in [4.78, 5) is 25.7. The van der Waals surface area contributed by atoms with Crippen molar-refractivity contribution in [3.8, 4) is 0 Å². The first-order valence-corrected chi connectivity index (χ1v) is 7.65. The molecule has 0 fully saturated rings. The molecule has 0 saturated carbocycles. The van der Waals surface area contributed by atoms with Crippen LogP contribution in [0.25, 0.3) is 0 Å². The van der Waals surface area contributed by atoms with E-state index >= 15 is 0 Å². The van der Waals surface area contributed by atoms with Crippen molar-refractivity contribution in [3.05, 3.63) is 53.5 Å². The minimum atomic E-state index is -0.470. The molecule has 7 heteroatoms. The quantitative estimate of drug-likeness (QED) is 0.732. The van der Waals surface area contributed by atoms with Gasteiger partial charge in [-0.15, -0.1) is 0 Å². The molecule has 0 saturated heterocycles. The molecule has 0 aliphatic heterocycles. The van der Waals surface area contributed by atoms with Gasteiger partial charge in [0.2, 0.25) is 0 Å². The number of carbonyl (C=O) groups excluding carboxylic acids is 2. The van der Waals surface area contributed by atoms with Crippen LogP contribution < -0.4 is 21.1 Å². The Morgan fingerprint density at radius 1 is 1.12 bits per heavy atom. The van der Waals surface area contributed by atoms with E-state index in [0.717, 1.165) is 5.69 Å². The summed E-state index contributed by atoms with van der Waals surface area (Å²) in [7, 11) is 1.95. The Bertz CT molecular complexity index is 697. The van der Waals surface area contributed by atoms with Crippen molar-refractivity contribution in [2.45, 2.75) is 13.8 Å². The van der Waals surface area contributed by atoms with E-state index in [-0.39, 0.29) is 0 Å². The Balaban J connectivity index is 1.70. The molecule has 0 aliphatic rings. The Morgan fingerprint density at radius 2 is 1.83 bits per heavy atom. The Kier molecular flexibility index (Phi) is 5.83. The highest BCUT2D eigenvalue weighted by Crippen LogP contribution is 2.13. The molecule has 0 radical (unpaired) electrons. The number of nitrogens with one attached hydrogen (secondary N) is 3. The number of hydrogen-bond donors (Lipinski definition) is 3. The second kappa shape index (κ2) is 8.05. The maximum absolute atomic E-state index is 11.9. The Hall–Kier alpha value is -2.96. The third kappa shape index (κ3) is 4.77. The molecular weight excluding hydrogens is 308 g/mol. The zero-order chi connectivity index (χ0) is 17.5. The Labute approximate surface area is 141 Å². The number of nitrogens with zero attached hydrogens (tertiary/aromatic N) is 1. The molecule has 0 aliphatic carbocycles. The number of benzene rings is 1. The molecular formula is C17H22N4O3. The molecule has 0 bridgehead atoms. The zero-order valence-electron chi connectivity index (χ0n) is 14.1. The molecule has 0 spiro atoms. The van der Waals surface area contributed by atoms with E-state index in [4.69, 9.17) is 4.42 Å². The van der Waals surface area contributed by atoms with E-state index in [0.29, 0.717) is 30.2 Å². The molecule has 1 aromatic carbocycles.